The summed E-state index contributed by atoms with van der Waals surface area (Å²) in [4.78, 5) is 2.61. The average molecular weight is 316 g/mol. The highest BCUT2D eigenvalue weighted by molar-refractivity contribution is 5.14. The van der Waals surface area contributed by atoms with E-state index in [0.717, 1.165) is 13.2 Å². The predicted molar refractivity (Wildman–Crippen MR) is 95.5 cm³/mol. The minimum atomic E-state index is 0.323. The Morgan fingerprint density at radius 1 is 1.22 bits per heavy atom. The zero-order chi connectivity index (χ0) is 16.3. The van der Waals surface area contributed by atoms with E-state index in [0.29, 0.717) is 23.6 Å². The number of hydrogen-bond acceptors (Lipinski definition) is 3. The molecule has 0 bridgehead atoms. The number of likely N-dealkylation sites (tertiary alicyclic amines) is 1. The Morgan fingerprint density at radius 2 is 1.96 bits per heavy atom. The Hall–Kier alpha value is -0.900. The summed E-state index contributed by atoms with van der Waals surface area (Å²) in [5.74, 6) is 0. The van der Waals surface area contributed by atoms with E-state index in [1.54, 1.807) is 0 Å². The molecule has 23 heavy (non-hydrogen) atoms. The van der Waals surface area contributed by atoms with Crippen LogP contribution in [0.25, 0.3) is 0 Å². The van der Waals surface area contributed by atoms with Crippen LogP contribution in [0.5, 0.6) is 0 Å². The van der Waals surface area contributed by atoms with E-state index in [1.165, 1.54) is 37.9 Å². The lowest BCUT2D eigenvalue weighted by atomic mass is 9.77. The summed E-state index contributed by atoms with van der Waals surface area (Å²) in [5, 5.41) is 3.91. The first-order valence-corrected chi connectivity index (χ1v) is 9.21. The number of hydrogen-bond donors (Lipinski definition) is 1. The Balaban J connectivity index is 1.48. The number of piperidine rings is 1. The molecule has 2 fully saturated rings. The normalized spacial score (nSPS) is 30.8. The van der Waals surface area contributed by atoms with Crippen LogP contribution in [0.15, 0.2) is 30.3 Å². The van der Waals surface area contributed by atoms with Gasteiger partial charge in [0, 0.05) is 38.3 Å². The van der Waals surface area contributed by atoms with E-state index < -0.39 is 0 Å². The van der Waals surface area contributed by atoms with E-state index >= 15 is 0 Å². The number of nitrogens with one attached hydrogen (secondary N) is 1. The molecule has 3 rings (SSSR count). The molecule has 1 saturated carbocycles. The van der Waals surface area contributed by atoms with Crippen molar-refractivity contribution < 1.29 is 4.74 Å². The molecule has 1 saturated heterocycles. The van der Waals surface area contributed by atoms with E-state index in [4.69, 9.17) is 4.74 Å². The molecule has 1 atom stereocenters. The van der Waals surface area contributed by atoms with Gasteiger partial charge in [-0.1, -0.05) is 44.2 Å². The molecule has 2 aliphatic rings. The van der Waals surface area contributed by atoms with Gasteiger partial charge in [-0.15, -0.1) is 0 Å². The van der Waals surface area contributed by atoms with Gasteiger partial charge in [-0.05, 0) is 37.2 Å². The van der Waals surface area contributed by atoms with Crippen LogP contribution in [0.4, 0.5) is 0 Å². The van der Waals surface area contributed by atoms with Crippen LogP contribution in [0.2, 0.25) is 0 Å². The lowest BCUT2D eigenvalue weighted by Gasteiger charge is -2.48. The fraction of sp³-hybridized carbons (Fsp3) is 0.700. The standard InChI is InChI=1S/C20H32N2O/c1-4-23-18-12-17(13-18)21-19-10-11-22(15-20(19,2)3)14-16-8-6-5-7-9-16/h5-9,17-19,21H,4,10-15H2,1-3H3. The maximum atomic E-state index is 5.68. The van der Waals surface area contributed by atoms with Crippen LogP contribution in [0.3, 0.4) is 0 Å². The van der Waals surface area contributed by atoms with Crippen LogP contribution in [-0.4, -0.2) is 42.8 Å². The number of nitrogens with zero attached hydrogens (tertiary/aromatic N) is 1. The molecule has 1 unspecified atom stereocenters. The zero-order valence-electron chi connectivity index (χ0n) is 14.9. The first kappa shape index (κ1) is 16.9. The van der Waals surface area contributed by atoms with Crippen molar-refractivity contribution >= 4 is 0 Å². The Bertz CT molecular complexity index is 482. The van der Waals surface area contributed by atoms with Crippen molar-refractivity contribution in [3.63, 3.8) is 0 Å². The molecule has 128 valence electrons. The topological polar surface area (TPSA) is 24.5 Å². The van der Waals surface area contributed by atoms with Crippen molar-refractivity contribution in [3.05, 3.63) is 35.9 Å². The van der Waals surface area contributed by atoms with Gasteiger partial charge >= 0.3 is 0 Å². The second-order valence-corrected chi connectivity index (χ2v) is 7.94. The van der Waals surface area contributed by atoms with Gasteiger partial charge in [0.2, 0.25) is 0 Å². The van der Waals surface area contributed by atoms with E-state index in [2.05, 4.69) is 61.3 Å². The summed E-state index contributed by atoms with van der Waals surface area (Å²) in [6, 6.07) is 12.1. The highest BCUT2D eigenvalue weighted by atomic mass is 16.5. The summed E-state index contributed by atoms with van der Waals surface area (Å²) in [6.07, 6.45) is 4.12. The summed E-state index contributed by atoms with van der Waals surface area (Å²) in [7, 11) is 0. The third-order valence-corrected chi connectivity index (χ3v) is 5.49. The fourth-order valence-corrected chi connectivity index (χ4v) is 4.11. The van der Waals surface area contributed by atoms with E-state index in [-0.39, 0.29) is 0 Å². The molecule has 0 radical (unpaired) electrons. The molecule has 3 nitrogen and oxygen atoms in total. The molecule has 0 aromatic heterocycles. The molecule has 0 spiro atoms. The monoisotopic (exact) mass is 316 g/mol. The Morgan fingerprint density at radius 3 is 2.61 bits per heavy atom. The van der Waals surface area contributed by atoms with Gasteiger partial charge in [-0.3, -0.25) is 4.90 Å². The second kappa shape index (κ2) is 7.33. The molecule has 1 aromatic carbocycles. The highest BCUT2D eigenvalue weighted by Crippen LogP contribution is 2.33. The highest BCUT2D eigenvalue weighted by Gasteiger charge is 2.39. The maximum absolute atomic E-state index is 5.68. The Labute approximate surface area is 141 Å². The summed E-state index contributed by atoms with van der Waals surface area (Å²) >= 11 is 0. The van der Waals surface area contributed by atoms with Crippen LogP contribution >= 0.6 is 0 Å². The Kier molecular flexibility index (Phi) is 5.40. The molecule has 1 aliphatic carbocycles. The lowest BCUT2D eigenvalue weighted by molar-refractivity contribution is -0.0235. The van der Waals surface area contributed by atoms with Gasteiger partial charge in [-0.25, -0.2) is 0 Å². The van der Waals surface area contributed by atoms with Crippen LogP contribution in [0.1, 0.15) is 45.6 Å². The molecule has 0 amide bonds. The fourth-order valence-electron chi connectivity index (χ4n) is 4.11. The molecule has 1 heterocycles. The molecule has 1 aromatic rings. The van der Waals surface area contributed by atoms with Crippen molar-refractivity contribution in [1.82, 2.24) is 10.2 Å². The smallest absolute Gasteiger partial charge is 0.0604 e. The van der Waals surface area contributed by atoms with Gasteiger partial charge in [-0.2, -0.15) is 0 Å². The van der Waals surface area contributed by atoms with Crippen LogP contribution in [-0.2, 0) is 11.3 Å². The predicted octanol–water partition coefficient (Wildman–Crippen LogP) is 3.44. The molecule has 1 N–H and O–H groups in total. The van der Waals surface area contributed by atoms with Gasteiger partial charge in [0.1, 0.15) is 0 Å². The first-order valence-electron chi connectivity index (χ1n) is 9.21. The quantitative estimate of drug-likeness (QED) is 0.870. The molecule has 1 aliphatic heterocycles. The largest absolute Gasteiger partial charge is 0.378 e. The second-order valence-electron chi connectivity index (χ2n) is 7.94. The molecular weight excluding hydrogens is 284 g/mol. The van der Waals surface area contributed by atoms with E-state index in [9.17, 15) is 0 Å². The molecular formula is C20H32N2O. The van der Waals surface area contributed by atoms with Crippen LogP contribution in [0, 0.1) is 5.41 Å². The number of ether oxygens (including phenoxy) is 1. The zero-order valence-corrected chi connectivity index (χ0v) is 14.9. The SMILES string of the molecule is CCOC1CC(NC2CCN(Cc3ccccc3)CC2(C)C)C1. The third kappa shape index (κ3) is 4.34. The van der Waals surface area contributed by atoms with Gasteiger partial charge in [0.25, 0.3) is 0 Å². The first-order chi connectivity index (χ1) is 11.1. The van der Waals surface area contributed by atoms with Gasteiger partial charge < -0.3 is 10.1 Å². The minimum absolute atomic E-state index is 0.323. The summed E-state index contributed by atoms with van der Waals surface area (Å²) < 4.78 is 5.68. The third-order valence-electron chi connectivity index (χ3n) is 5.49. The minimum Gasteiger partial charge on any atom is -0.378 e. The lowest BCUT2D eigenvalue weighted by Crippen LogP contribution is -2.59. The van der Waals surface area contributed by atoms with E-state index in [1.807, 2.05) is 0 Å². The average Bonchev–Trinajstić information content (AvgIpc) is 2.48. The van der Waals surface area contributed by atoms with Crippen molar-refractivity contribution in [2.24, 2.45) is 5.41 Å². The van der Waals surface area contributed by atoms with Crippen molar-refractivity contribution in [2.75, 3.05) is 19.7 Å². The van der Waals surface area contributed by atoms with Crippen molar-refractivity contribution in [1.29, 1.82) is 0 Å². The maximum Gasteiger partial charge on any atom is 0.0604 e. The molecule has 3 heteroatoms. The van der Waals surface area contributed by atoms with Crippen molar-refractivity contribution in [3.8, 4) is 0 Å². The van der Waals surface area contributed by atoms with Crippen molar-refractivity contribution in [2.45, 2.75) is 64.8 Å². The summed E-state index contributed by atoms with van der Waals surface area (Å²) in [6.45, 7) is 11.2. The number of benzene rings is 1. The van der Waals surface area contributed by atoms with Gasteiger partial charge in [0.05, 0.1) is 6.10 Å². The summed E-state index contributed by atoms with van der Waals surface area (Å²) in [5.41, 5.74) is 1.75. The number of rotatable bonds is 6. The van der Waals surface area contributed by atoms with Gasteiger partial charge in [0.15, 0.2) is 0 Å². The van der Waals surface area contributed by atoms with Crippen LogP contribution < -0.4 is 5.32 Å².